The van der Waals surface area contributed by atoms with Gasteiger partial charge in [0.25, 0.3) is 0 Å². The highest BCUT2D eigenvalue weighted by Crippen LogP contribution is 2.17. The van der Waals surface area contributed by atoms with Crippen molar-refractivity contribution in [2.45, 2.75) is 19.9 Å². The van der Waals surface area contributed by atoms with E-state index in [1.807, 2.05) is 17.6 Å². The maximum absolute atomic E-state index is 11.1. The van der Waals surface area contributed by atoms with Crippen molar-refractivity contribution in [2.75, 3.05) is 13.2 Å². The van der Waals surface area contributed by atoms with Gasteiger partial charge in [0.15, 0.2) is 0 Å². The van der Waals surface area contributed by atoms with E-state index < -0.39 is 5.97 Å². The average molecular weight is 248 g/mol. The number of aromatic nitrogens is 2. The van der Waals surface area contributed by atoms with E-state index in [0.717, 1.165) is 18.5 Å². The molecule has 0 saturated carbocycles. The lowest BCUT2D eigenvalue weighted by molar-refractivity contribution is 0.0699. The molecule has 0 amide bonds. The topological polar surface area (TPSA) is 64.4 Å². The van der Waals surface area contributed by atoms with E-state index >= 15 is 0 Å². The van der Waals surface area contributed by atoms with E-state index in [4.69, 9.17) is 9.84 Å². The van der Waals surface area contributed by atoms with Crippen LogP contribution in [0.5, 0.6) is 0 Å². The molecule has 1 heterocycles. The number of aryl methyl sites for hydroxylation is 1. The number of fused-ring (bicyclic) bond motifs is 1. The number of hydrogen-bond acceptors (Lipinski definition) is 3. The van der Waals surface area contributed by atoms with E-state index in [0.29, 0.717) is 18.7 Å². The number of imidazole rings is 1. The Balaban J connectivity index is 2.20. The van der Waals surface area contributed by atoms with Gasteiger partial charge in [0.2, 0.25) is 0 Å². The lowest BCUT2D eigenvalue weighted by atomic mass is 10.2. The molecule has 2 aromatic rings. The van der Waals surface area contributed by atoms with Gasteiger partial charge in [-0.2, -0.15) is 0 Å². The van der Waals surface area contributed by atoms with Crippen LogP contribution in [0.15, 0.2) is 24.5 Å². The zero-order chi connectivity index (χ0) is 13.0. The van der Waals surface area contributed by atoms with Gasteiger partial charge in [-0.1, -0.05) is 6.07 Å². The van der Waals surface area contributed by atoms with Crippen molar-refractivity contribution >= 4 is 17.0 Å². The lowest BCUT2D eigenvalue weighted by Crippen LogP contribution is -2.02. The molecular weight excluding hydrogens is 232 g/mol. The van der Waals surface area contributed by atoms with Gasteiger partial charge in [-0.25, -0.2) is 9.78 Å². The van der Waals surface area contributed by atoms with Crippen LogP contribution in [0.2, 0.25) is 0 Å². The third-order valence-electron chi connectivity index (χ3n) is 2.77. The van der Waals surface area contributed by atoms with Crippen molar-refractivity contribution in [3.8, 4) is 0 Å². The fraction of sp³-hybridized carbons (Fsp3) is 0.385. The summed E-state index contributed by atoms with van der Waals surface area (Å²) in [5, 5.41) is 9.07. The molecule has 0 bridgehead atoms. The van der Waals surface area contributed by atoms with Crippen LogP contribution in [0.4, 0.5) is 0 Å². The monoisotopic (exact) mass is 248 g/mol. The van der Waals surface area contributed by atoms with Crippen LogP contribution in [-0.4, -0.2) is 33.8 Å². The molecule has 0 unspecified atom stereocenters. The minimum Gasteiger partial charge on any atom is -0.478 e. The first kappa shape index (κ1) is 12.6. The molecule has 1 aromatic carbocycles. The van der Waals surface area contributed by atoms with E-state index in [9.17, 15) is 4.79 Å². The normalized spacial score (nSPS) is 10.9. The second-order valence-electron chi connectivity index (χ2n) is 3.97. The summed E-state index contributed by atoms with van der Waals surface area (Å²) in [4.78, 5) is 15.2. The maximum atomic E-state index is 11.1. The van der Waals surface area contributed by atoms with E-state index in [1.54, 1.807) is 18.5 Å². The Labute approximate surface area is 105 Å². The fourth-order valence-electron chi connectivity index (χ4n) is 1.92. The second-order valence-corrected chi connectivity index (χ2v) is 3.97. The predicted octanol–water partition coefficient (Wildman–Crippen LogP) is 2.16. The van der Waals surface area contributed by atoms with Gasteiger partial charge >= 0.3 is 5.97 Å². The molecule has 0 aliphatic carbocycles. The number of benzene rings is 1. The van der Waals surface area contributed by atoms with Crippen LogP contribution in [-0.2, 0) is 11.3 Å². The standard InChI is InChI=1S/C13H16N2O3/c1-2-18-8-4-7-15-9-14-12-10(13(16)17)5-3-6-11(12)15/h3,5-6,9H,2,4,7-8H2,1H3,(H,16,17). The number of aromatic carboxylic acids is 1. The average Bonchev–Trinajstić information content (AvgIpc) is 2.77. The molecule has 2 rings (SSSR count). The Morgan fingerprint density at radius 1 is 1.50 bits per heavy atom. The molecule has 96 valence electrons. The molecular formula is C13H16N2O3. The summed E-state index contributed by atoms with van der Waals surface area (Å²) in [6.07, 6.45) is 2.57. The van der Waals surface area contributed by atoms with Crippen LogP contribution in [0, 0.1) is 0 Å². The molecule has 1 aromatic heterocycles. The van der Waals surface area contributed by atoms with Crippen molar-refractivity contribution in [3.63, 3.8) is 0 Å². The summed E-state index contributed by atoms with van der Waals surface area (Å²) in [6.45, 7) is 4.16. The summed E-state index contributed by atoms with van der Waals surface area (Å²) in [5.74, 6) is -0.944. The van der Waals surface area contributed by atoms with E-state index in [-0.39, 0.29) is 5.56 Å². The first-order valence-electron chi connectivity index (χ1n) is 5.99. The highest BCUT2D eigenvalue weighted by Gasteiger charge is 2.11. The largest absolute Gasteiger partial charge is 0.478 e. The first-order chi connectivity index (χ1) is 8.74. The highest BCUT2D eigenvalue weighted by atomic mass is 16.5. The van der Waals surface area contributed by atoms with E-state index in [2.05, 4.69) is 4.98 Å². The molecule has 5 heteroatoms. The Hall–Kier alpha value is -1.88. The van der Waals surface area contributed by atoms with Crippen LogP contribution in [0.25, 0.3) is 11.0 Å². The molecule has 0 fully saturated rings. The summed E-state index contributed by atoms with van der Waals surface area (Å²) < 4.78 is 7.24. The Kier molecular flexibility index (Phi) is 3.94. The van der Waals surface area contributed by atoms with Crippen molar-refractivity contribution in [1.82, 2.24) is 9.55 Å². The Morgan fingerprint density at radius 2 is 2.33 bits per heavy atom. The maximum Gasteiger partial charge on any atom is 0.337 e. The third-order valence-corrected chi connectivity index (χ3v) is 2.77. The molecule has 0 spiro atoms. The summed E-state index contributed by atoms with van der Waals surface area (Å²) in [7, 11) is 0. The lowest BCUT2D eigenvalue weighted by Gasteiger charge is -2.04. The number of ether oxygens (including phenoxy) is 1. The fourth-order valence-corrected chi connectivity index (χ4v) is 1.92. The van der Waals surface area contributed by atoms with Crippen molar-refractivity contribution < 1.29 is 14.6 Å². The minimum atomic E-state index is -0.944. The number of carboxylic acids is 1. The van der Waals surface area contributed by atoms with Gasteiger partial charge in [0.05, 0.1) is 17.4 Å². The molecule has 0 radical (unpaired) electrons. The summed E-state index contributed by atoms with van der Waals surface area (Å²) in [6, 6.07) is 5.20. The van der Waals surface area contributed by atoms with Crippen molar-refractivity contribution in [1.29, 1.82) is 0 Å². The van der Waals surface area contributed by atoms with Crippen LogP contribution < -0.4 is 0 Å². The van der Waals surface area contributed by atoms with Gasteiger partial charge in [-0.3, -0.25) is 0 Å². The molecule has 0 atom stereocenters. The number of para-hydroxylation sites is 1. The van der Waals surface area contributed by atoms with Gasteiger partial charge in [0.1, 0.15) is 5.52 Å². The van der Waals surface area contributed by atoms with Crippen LogP contribution in [0.1, 0.15) is 23.7 Å². The molecule has 5 nitrogen and oxygen atoms in total. The summed E-state index contributed by atoms with van der Waals surface area (Å²) >= 11 is 0. The van der Waals surface area contributed by atoms with Gasteiger partial charge in [-0.05, 0) is 25.5 Å². The SMILES string of the molecule is CCOCCCn1cnc2c(C(=O)O)cccc21. The smallest absolute Gasteiger partial charge is 0.337 e. The predicted molar refractivity (Wildman–Crippen MR) is 67.8 cm³/mol. The zero-order valence-corrected chi connectivity index (χ0v) is 10.3. The number of nitrogens with zero attached hydrogens (tertiary/aromatic N) is 2. The molecule has 0 aliphatic heterocycles. The number of hydrogen-bond donors (Lipinski definition) is 1. The quantitative estimate of drug-likeness (QED) is 0.796. The zero-order valence-electron chi connectivity index (χ0n) is 10.3. The van der Waals surface area contributed by atoms with Crippen molar-refractivity contribution in [2.24, 2.45) is 0 Å². The Morgan fingerprint density at radius 3 is 3.06 bits per heavy atom. The number of carbonyl (C=O) groups is 1. The van der Waals surface area contributed by atoms with Crippen molar-refractivity contribution in [3.05, 3.63) is 30.1 Å². The van der Waals surface area contributed by atoms with Crippen LogP contribution >= 0.6 is 0 Å². The van der Waals surface area contributed by atoms with Crippen LogP contribution in [0.3, 0.4) is 0 Å². The molecule has 0 aliphatic rings. The van der Waals surface area contributed by atoms with Gasteiger partial charge < -0.3 is 14.4 Å². The third kappa shape index (κ3) is 2.51. The number of rotatable bonds is 6. The minimum absolute atomic E-state index is 0.246. The molecule has 18 heavy (non-hydrogen) atoms. The highest BCUT2D eigenvalue weighted by molar-refractivity contribution is 6.00. The van der Waals surface area contributed by atoms with E-state index in [1.165, 1.54) is 0 Å². The van der Waals surface area contributed by atoms with Gasteiger partial charge in [0, 0.05) is 19.8 Å². The molecule has 0 saturated heterocycles. The number of carboxylic acid groups (broad SMARTS) is 1. The Bertz CT molecular complexity index is 548. The second kappa shape index (κ2) is 5.64. The first-order valence-corrected chi connectivity index (χ1v) is 5.99. The van der Waals surface area contributed by atoms with Gasteiger partial charge in [-0.15, -0.1) is 0 Å². The summed E-state index contributed by atoms with van der Waals surface area (Å²) in [5.41, 5.74) is 1.64. The molecule has 1 N–H and O–H groups in total.